The smallest absolute Gasteiger partial charge is 0.166 e. The molecule has 0 aliphatic rings. The third kappa shape index (κ3) is 3.58. The van der Waals surface area contributed by atoms with Gasteiger partial charge in [0.25, 0.3) is 0 Å². The number of hydrogen-bond donors (Lipinski definition) is 1. The number of benzene rings is 2. The van der Waals surface area contributed by atoms with Gasteiger partial charge in [-0.05, 0) is 49.4 Å². The lowest BCUT2D eigenvalue weighted by Gasteiger charge is -2.15. The van der Waals surface area contributed by atoms with Crippen molar-refractivity contribution in [2.75, 3.05) is 7.05 Å². The summed E-state index contributed by atoms with van der Waals surface area (Å²) in [7, 11) is 1.94. The van der Waals surface area contributed by atoms with Gasteiger partial charge in [0.1, 0.15) is 5.75 Å². The van der Waals surface area contributed by atoms with Gasteiger partial charge in [-0.3, -0.25) is 0 Å². The van der Waals surface area contributed by atoms with E-state index in [1.807, 2.05) is 31.3 Å². The van der Waals surface area contributed by atoms with Crippen molar-refractivity contribution >= 4 is 15.9 Å². The maximum atomic E-state index is 13.7. The Kier molecular flexibility index (Phi) is 5.15. The van der Waals surface area contributed by atoms with Gasteiger partial charge in [-0.15, -0.1) is 0 Å². The van der Waals surface area contributed by atoms with E-state index in [0.717, 1.165) is 6.42 Å². The predicted octanol–water partition coefficient (Wildman–Crippen LogP) is 5.05. The maximum Gasteiger partial charge on any atom is 0.166 e. The van der Waals surface area contributed by atoms with Crippen molar-refractivity contribution in [3.63, 3.8) is 0 Å². The first-order chi connectivity index (χ1) is 9.63. The van der Waals surface area contributed by atoms with E-state index in [9.17, 15) is 4.39 Å². The lowest BCUT2D eigenvalue weighted by Crippen LogP contribution is -2.14. The molecule has 2 aromatic carbocycles. The predicted molar refractivity (Wildman–Crippen MR) is 82.7 cm³/mol. The van der Waals surface area contributed by atoms with E-state index in [1.165, 1.54) is 11.6 Å². The first-order valence-corrected chi connectivity index (χ1v) is 7.33. The molecule has 2 aromatic rings. The second-order valence-corrected chi connectivity index (χ2v) is 5.41. The number of halogens is 2. The number of hydrogen-bond acceptors (Lipinski definition) is 2. The summed E-state index contributed by atoms with van der Waals surface area (Å²) in [5, 5.41) is 3.25. The molecular weight excluding hydrogens is 321 g/mol. The van der Waals surface area contributed by atoms with Crippen molar-refractivity contribution < 1.29 is 9.13 Å². The van der Waals surface area contributed by atoms with Crippen LogP contribution in [-0.4, -0.2) is 7.05 Å². The fourth-order valence-corrected chi connectivity index (χ4v) is 2.39. The lowest BCUT2D eigenvalue weighted by molar-refractivity contribution is 0.441. The van der Waals surface area contributed by atoms with Crippen LogP contribution >= 0.6 is 15.9 Å². The molecule has 2 nitrogen and oxygen atoms in total. The van der Waals surface area contributed by atoms with Gasteiger partial charge < -0.3 is 10.1 Å². The van der Waals surface area contributed by atoms with Crippen LogP contribution in [0.2, 0.25) is 0 Å². The van der Waals surface area contributed by atoms with Crippen LogP contribution in [0.15, 0.2) is 46.9 Å². The molecule has 0 saturated heterocycles. The van der Waals surface area contributed by atoms with Crippen LogP contribution in [-0.2, 0) is 0 Å². The molecule has 0 bridgehead atoms. The maximum absolute atomic E-state index is 13.7. The highest BCUT2D eigenvalue weighted by molar-refractivity contribution is 9.10. The van der Waals surface area contributed by atoms with Crippen LogP contribution in [0.25, 0.3) is 0 Å². The monoisotopic (exact) mass is 337 g/mol. The second kappa shape index (κ2) is 6.86. The normalized spacial score (nSPS) is 12.2. The van der Waals surface area contributed by atoms with Crippen LogP contribution in [0.3, 0.4) is 0 Å². The molecule has 2 rings (SSSR count). The third-order valence-corrected chi connectivity index (χ3v) is 3.65. The molecular formula is C16H17BrFNO. The molecule has 0 heterocycles. The average Bonchev–Trinajstić information content (AvgIpc) is 2.45. The third-order valence-electron chi connectivity index (χ3n) is 3.16. The topological polar surface area (TPSA) is 21.3 Å². The molecule has 20 heavy (non-hydrogen) atoms. The molecule has 4 heteroatoms. The van der Waals surface area contributed by atoms with E-state index < -0.39 is 0 Å². The molecule has 106 valence electrons. The zero-order valence-corrected chi connectivity index (χ0v) is 13.1. The van der Waals surface area contributed by atoms with Crippen LogP contribution in [0.5, 0.6) is 11.5 Å². The molecule has 1 atom stereocenters. The Morgan fingerprint density at radius 2 is 1.90 bits per heavy atom. The first-order valence-electron chi connectivity index (χ1n) is 6.54. The summed E-state index contributed by atoms with van der Waals surface area (Å²) in [6, 6.07) is 12.8. The van der Waals surface area contributed by atoms with Gasteiger partial charge in [0.15, 0.2) is 11.6 Å². The highest BCUT2D eigenvalue weighted by Crippen LogP contribution is 2.28. The van der Waals surface area contributed by atoms with E-state index in [1.54, 1.807) is 12.1 Å². The van der Waals surface area contributed by atoms with E-state index in [4.69, 9.17) is 4.74 Å². The SMILES string of the molecule is CCC(NC)c1ccc(Oc2ccc(Br)cc2F)cc1. The first kappa shape index (κ1) is 15.0. The van der Waals surface area contributed by atoms with Gasteiger partial charge >= 0.3 is 0 Å². The van der Waals surface area contributed by atoms with Gasteiger partial charge in [-0.2, -0.15) is 0 Å². The quantitative estimate of drug-likeness (QED) is 0.824. The van der Waals surface area contributed by atoms with Gasteiger partial charge in [-0.25, -0.2) is 4.39 Å². The molecule has 0 aliphatic carbocycles. The molecule has 0 saturated carbocycles. The summed E-state index contributed by atoms with van der Waals surface area (Å²) in [5.41, 5.74) is 1.19. The number of nitrogens with one attached hydrogen (secondary N) is 1. The van der Waals surface area contributed by atoms with Crippen molar-refractivity contribution in [3.8, 4) is 11.5 Å². The van der Waals surface area contributed by atoms with Gasteiger partial charge in [0.05, 0.1) is 0 Å². The fourth-order valence-electron chi connectivity index (χ4n) is 2.06. The van der Waals surface area contributed by atoms with Crippen molar-refractivity contribution in [1.82, 2.24) is 5.32 Å². The minimum absolute atomic E-state index is 0.224. The van der Waals surface area contributed by atoms with E-state index in [2.05, 4.69) is 28.2 Å². The van der Waals surface area contributed by atoms with Crippen LogP contribution in [0, 0.1) is 5.82 Å². The Hall–Kier alpha value is -1.39. The standard InChI is InChI=1S/C16H17BrFNO/c1-3-15(19-2)11-4-7-13(8-5-11)20-16-9-6-12(17)10-14(16)18/h4-10,15,19H,3H2,1-2H3. The highest BCUT2D eigenvalue weighted by Gasteiger charge is 2.08. The summed E-state index contributed by atoms with van der Waals surface area (Å²) in [4.78, 5) is 0. The summed E-state index contributed by atoms with van der Waals surface area (Å²) >= 11 is 3.22. The van der Waals surface area contributed by atoms with Crippen molar-refractivity contribution in [2.45, 2.75) is 19.4 Å². The van der Waals surface area contributed by atoms with Gasteiger partial charge in [0.2, 0.25) is 0 Å². The van der Waals surface area contributed by atoms with Crippen molar-refractivity contribution in [1.29, 1.82) is 0 Å². The van der Waals surface area contributed by atoms with E-state index >= 15 is 0 Å². The van der Waals surface area contributed by atoms with Crippen LogP contribution in [0.1, 0.15) is 24.9 Å². The summed E-state index contributed by atoms with van der Waals surface area (Å²) < 4.78 is 19.9. The summed E-state index contributed by atoms with van der Waals surface area (Å²) in [6.45, 7) is 2.13. The minimum Gasteiger partial charge on any atom is -0.454 e. The molecule has 0 aliphatic heterocycles. The molecule has 0 spiro atoms. The van der Waals surface area contributed by atoms with Crippen LogP contribution < -0.4 is 10.1 Å². The highest BCUT2D eigenvalue weighted by atomic mass is 79.9. The van der Waals surface area contributed by atoms with E-state index in [-0.39, 0.29) is 11.6 Å². The summed E-state index contributed by atoms with van der Waals surface area (Å²) in [6.07, 6.45) is 1.01. The fraction of sp³-hybridized carbons (Fsp3) is 0.250. The molecule has 1 N–H and O–H groups in total. The Labute approximate surface area is 127 Å². The lowest BCUT2D eigenvalue weighted by atomic mass is 10.0. The minimum atomic E-state index is -0.384. The molecule has 1 unspecified atom stereocenters. The Balaban J connectivity index is 2.14. The van der Waals surface area contributed by atoms with Crippen molar-refractivity contribution in [2.24, 2.45) is 0 Å². The second-order valence-electron chi connectivity index (χ2n) is 4.50. The molecule has 0 radical (unpaired) electrons. The Morgan fingerprint density at radius 1 is 1.20 bits per heavy atom. The zero-order valence-electron chi connectivity index (χ0n) is 11.5. The van der Waals surface area contributed by atoms with Gasteiger partial charge in [-0.1, -0.05) is 35.0 Å². The summed E-state index contributed by atoms with van der Waals surface area (Å²) in [5.74, 6) is 0.465. The molecule has 0 fully saturated rings. The average molecular weight is 338 g/mol. The van der Waals surface area contributed by atoms with Gasteiger partial charge in [0, 0.05) is 10.5 Å². The molecule has 0 amide bonds. The largest absolute Gasteiger partial charge is 0.454 e. The number of ether oxygens (including phenoxy) is 1. The Morgan fingerprint density at radius 3 is 2.45 bits per heavy atom. The molecule has 0 aromatic heterocycles. The number of rotatable bonds is 5. The van der Waals surface area contributed by atoms with Crippen LogP contribution in [0.4, 0.5) is 4.39 Å². The van der Waals surface area contributed by atoms with Crippen molar-refractivity contribution in [3.05, 3.63) is 58.3 Å². The zero-order chi connectivity index (χ0) is 14.5. The van der Waals surface area contributed by atoms with E-state index in [0.29, 0.717) is 16.3 Å². The Bertz CT molecular complexity index is 567.